The van der Waals surface area contributed by atoms with Crippen molar-refractivity contribution in [2.75, 3.05) is 33.1 Å². The van der Waals surface area contributed by atoms with Crippen molar-refractivity contribution in [2.45, 2.75) is 25.9 Å². The Hall–Kier alpha value is -1.95. The van der Waals surface area contributed by atoms with Gasteiger partial charge in [0.1, 0.15) is 5.75 Å². The average molecular weight is 307 g/mol. The topological polar surface area (TPSA) is 57.2 Å². The molecule has 2 heterocycles. The number of fused-ring (bicyclic) bond motifs is 1. The molecule has 120 valence electrons. The first kappa shape index (κ1) is 15.0. The van der Waals surface area contributed by atoms with Gasteiger partial charge in [0.2, 0.25) is 6.79 Å². The molecule has 1 saturated heterocycles. The van der Waals surface area contributed by atoms with Crippen molar-refractivity contribution in [3.63, 3.8) is 0 Å². The smallest absolute Gasteiger partial charge is 0.260 e. The van der Waals surface area contributed by atoms with Crippen LogP contribution in [0.5, 0.6) is 17.2 Å². The Bertz CT molecular complexity index is 527. The minimum Gasteiger partial charge on any atom is -0.484 e. The molecule has 0 spiro atoms. The van der Waals surface area contributed by atoms with Crippen molar-refractivity contribution in [3.8, 4) is 17.2 Å². The van der Waals surface area contributed by atoms with Gasteiger partial charge in [0.05, 0.1) is 6.10 Å². The predicted molar refractivity (Wildman–Crippen MR) is 79.3 cm³/mol. The molecule has 1 fully saturated rings. The zero-order valence-corrected chi connectivity index (χ0v) is 12.7. The third-order valence-corrected chi connectivity index (χ3v) is 3.89. The Morgan fingerprint density at radius 2 is 2.23 bits per heavy atom. The highest BCUT2D eigenvalue weighted by atomic mass is 16.7. The molecule has 1 aromatic carbocycles. The number of hydrogen-bond donors (Lipinski definition) is 0. The van der Waals surface area contributed by atoms with Crippen LogP contribution in [-0.2, 0) is 9.53 Å². The third kappa shape index (κ3) is 3.44. The van der Waals surface area contributed by atoms with E-state index in [1.54, 1.807) is 23.1 Å². The van der Waals surface area contributed by atoms with E-state index in [0.717, 1.165) is 19.4 Å². The molecule has 0 aliphatic carbocycles. The van der Waals surface area contributed by atoms with Gasteiger partial charge in [-0.05, 0) is 31.9 Å². The molecule has 1 unspecified atom stereocenters. The maximum atomic E-state index is 12.3. The Morgan fingerprint density at radius 1 is 1.36 bits per heavy atom. The van der Waals surface area contributed by atoms with Crippen LogP contribution in [0.1, 0.15) is 19.8 Å². The fourth-order valence-electron chi connectivity index (χ4n) is 2.64. The highest BCUT2D eigenvalue weighted by molar-refractivity contribution is 5.77. The van der Waals surface area contributed by atoms with Gasteiger partial charge in [-0.2, -0.15) is 0 Å². The highest BCUT2D eigenvalue weighted by Crippen LogP contribution is 2.35. The summed E-state index contributed by atoms with van der Waals surface area (Å²) in [7, 11) is 0. The number of benzene rings is 1. The monoisotopic (exact) mass is 307 g/mol. The Morgan fingerprint density at radius 3 is 3.00 bits per heavy atom. The average Bonchev–Trinajstić information content (AvgIpc) is 3.20. The first-order valence-electron chi connectivity index (χ1n) is 7.68. The van der Waals surface area contributed by atoms with E-state index < -0.39 is 0 Å². The van der Waals surface area contributed by atoms with Crippen LogP contribution < -0.4 is 14.2 Å². The lowest BCUT2D eigenvalue weighted by molar-refractivity contribution is -0.134. The van der Waals surface area contributed by atoms with E-state index in [-0.39, 0.29) is 25.4 Å². The van der Waals surface area contributed by atoms with Gasteiger partial charge >= 0.3 is 0 Å². The van der Waals surface area contributed by atoms with Gasteiger partial charge in [-0.1, -0.05) is 0 Å². The maximum Gasteiger partial charge on any atom is 0.260 e. The molecule has 6 heteroatoms. The molecule has 0 aromatic heterocycles. The summed E-state index contributed by atoms with van der Waals surface area (Å²) < 4.78 is 21.7. The van der Waals surface area contributed by atoms with Crippen LogP contribution in [0, 0.1) is 0 Å². The van der Waals surface area contributed by atoms with E-state index in [4.69, 9.17) is 18.9 Å². The van der Waals surface area contributed by atoms with Crippen molar-refractivity contribution >= 4 is 5.91 Å². The summed E-state index contributed by atoms with van der Waals surface area (Å²) >= 11 is 0. The first-order valence-corrected chi connectivity index (χ1v) is 7.68. The number of nitrogens with zero attached hydrogens (tertiary/aromatic N) is 1. The van der Waals surface area contributed by atoms with E-state index in [1.165, 1.54) is 0 Å². The number of carbonyl (C=O) groups is 1. The summed E-state index contributed by atoms with van der Waals surface area (Å²) in [6.45, 7) is 4.30. The summed E-state index contributed by atoms with van der Waals surface area (Å²) in [6.07, 6.45) is 2.26. The van der Waals surface area contributed by atoms with Crippen molar-refractivity contribution in [1.29, 1.82) is 0 Å². The second-order valence-corrected chi connectivity index (χ2v) is 5.37. The summed E-state index contributed by atoms with van der Waals surface area (Å²) in [5.41, 5.74) is 0. The summed E-state index contributed by atoms with van der Waals surface area (Å²) in [5, 5.41) is 0. The number of ether oxygens (including phenoxy) is 4. The molecule has 0 radical (unpaired) electrons. The molecule has 1 atom stereocenters. The molecule has 0 saturated carbocycles. The van der Waals surface area contributed by atoms with Gasteiger partial charge in [0.25, 0.3) is 5.91 Å². The number of rotatable bonds is 6. The normalized spacial score (nSPS) is 19.2. The lowest BCUT2D eigenvalue weighted by atomic mass is 10.2. The molecule has 1 amide bonds. The van der Waals surface area contributed by atoms with Crippen molar-refractivity contribution in [3.05, 3.63) is 18.2 Å². The zero-order chi connectivity index (χ0) is 15.4. The third-order valence-electron chi connectivity index (χ3n) is 3.89. The van der Waals surface area contributed by atoms with E-state index in [0.29, 0.717) is 30.3 Å². The van der Waals surface area contributed by atoms with Crippen LogP contribution in [-0.4, -0.2) is 50.0 Å². The Balaban J connectivity index is 1.52. The van der Waals surface area contributed by atoms with Crippen LogP contribution in [0.2, 0.25) is 0 Å². The van der Waals surface area contributed by atoms with E-state index >= 15 is 0 Å². The number of carbonyl (C=O) groups excluding carboxylic acids is 1. The van der Waals surface area contributed by atoms with Gasteiger partial charge in [-0.3, -0.25) is 4.79 Å². The fourth-order valence-corrected chi connectivity index (χ4v) is 2.64. The van der Waals surface area contributed by atoms with Crippen LogP contribution in [0.3, 0.4) is 0 Å². The molecule has 6 nitrogen and oxygen atoms in total. The molecular formula is C16H21NO5. The second-order valence-electron chi connectivity index (χ2n) is 5.37. The number of hydrogen-bond acceptors (Lipinski definition) is 5. The zero-order valence-electron chi connectivity index (χ0n) is 12.7. The Labute approximate surface area is 129 Å². The maximum absolute atomic E-state index is 12.3. The first-order chi connectivity index (χ1) is 10.8. The van der Waals surface area contributed by atoms with Crippen molar-refractivity contribution in [2.24, 2.45) is 0 Å². The van der Waals surface area contributed by atoms with Crippen LogP contribution >= 0.6 is 0 Å². The van der Waals surface area contributed by atoms with Gasteiger partial charge in [-0.25, -0.2) is 0 Å². The molecule has 0 bridgehead atoms. The van der Waals surface area contributed by atoms with Crippen LogP contribution in [0.15, 0.2) is 18.2 Å². The van der Waals surface area contributed by atoms with E-state index in [1.807, 2.05) is 6.92 Å². The summed E-state index contributed by atoms with van der Waals surface area (Å²) in [5.74, 6) is 1.92. The molecule has 2 aliphatic heterocycles. The quantitative estimate of drug-likeness (QED) is 0.802. The van der Waals surface area contributed by atoms with Crippen LogP contribution in [0.25, 0.3) is 0 Å². The largest absolute Gasteiger partial charge is 0.484 e. The second kappa shape index (κ2) is 6.87. The molecule has 3 rings (SSSR count). The minimum absolute atomic E-state index is 0.0141. The van der Waals surface area contributed by atoms with Crippen molar-refractivity contribution in [1.82, 2.24) is 4.90 Å². The standard InChI is InChI=1S/C16H21NO5/c1-2-17(9-13-4-3-7-19-13)16(18)10-20-12-5-6-14-15(8-12)22-11-21-14/h5-6,8,13H,2-4,7,9-11H2,1H3. The lowest BCUT2D eigenvalue weighted by Crippen LogP contribution is -2.39. The van der Waals surface area contributed by atoms with Gasteiger partial charge < -0.3 is 23.8 Å². The summed E-state index contributed by atoms with van der Waals surface area (Å²) in [6, 6.07) is 5.30. The van der Waals surface area contributed by atoms with E-state index in [9.17, 15) is 4.79 Å². The molecule has 0 N–H and O–H groups in total. The summed E-state index contributed by atoms with van der Waals surface area (Å²) in [4.78, 5) is 14.0. The fraction of sp³-hybridized carbons (Fsp3) is 0.562. The molecular weight excluding hydrogens is 286 g/mol. The molecule has 2 aliphatic rings. The van der Waals surface area contributed by atoms with Gasteiger partial charge in [0, 0.05) is 25.8 Å². The van der Waals surface area contributed by atoms with E-state index in [2.05, 4.69) is 0 Å². The predicted octanol–water partition coefficient (Wildman–Crippen LogP) is 1.82. The Kier molecular flexibility index (Phi) is 4.68. The molecule has 1 aromatic rings. The number of amides is 1. The van der Waals surface area contributed by atoms with Gasteiger partial charge in [0.15, 0.2) is 18.1 Å². The lowest BCUT2D eigenvalue weighted by Gasteiger charge is -2.24. The highest BCUT2D eigenvalue weighted by Gasteiger charge is 2.22. The number of likely N-dealkylation sites (N-methyl/N-ethyl adjacent to an activating group) is 1. The SMILES string of the molecule is CCN(CC1CCCO1)C(=O)COc1ccc2c(c1)OCO2. The van der Waals surface area contributed by atoms with Gasteiger partial charge in [-0.15, -0.1) is 0 Å². The molecule has 22 heavy (non-hydrogen) atoms. The van der Waals surface area contributed by atoms with Crippen LogP contribution in [0.4, 0.5) is 0 Å². The minimum atomic E-state index is -0.0318. The van der Waals surface area contributed by atoms with Crippen molar-refractivity contribution < 1.29 is 23.7 Å².